The highest BCUT2D eigenvalue weighted by Crippen LogP contribution is 2.30. The van der Waals surface area contributed by atoms with Gasteiger partial charge < -0.3 is 10.2 Å². The Morgan fingerprint density at radius 3 is 2.87 bits per heavy atom. The van der Waals surface area contributed by atoms with Crippen molar-refractivity contribution in [2.24, 2.45) is 5.92 Å². The van der Waals surface area contributed by atoms with Gasteiger partial charge in [-0.15, -0.1) is 11.6 Å². The van der Waals surface area contributed by atoms with Crippen LogP contribution >= 0.6 is 11.6 Å². The first-order valence-corrected chi connectivity index (χ1v) is 9.16. The van der Waals surface area contributed by atoms with Crippen molar-refractivity contribution in [3.8, 4) is 0 Å². The van der Waals surface area contributed by atoms with E-state index in [9.17, 15) is 0 Å². The van der Waals surface area contributed by atoms with Gasteiger partial charge in [-0.25, -0.2) is 0 Å². The van der Waals surface area contributed by atoms with Gasteiger partial charge in [0, 0.05) is 30.0 Å². The summed E-state index contributed by atoms with van der Waals surface area (Å²) in [6, 6.07) is 0.902. The van der Waals surface area contributed by atoms with Gasteiger partial charge in [0.1, 0.15) is 0 Å². The maximum atomic E-state index is 6.23. The third-order valence-corrected chi connectivity index (χ3v) is 5.91. The van der Waals surface area contributed by atoms with Gasteiger partial charge in [0.25, 0.3) is 0 Å². The first kappa shape index (κ1) is 15.3. The van der Waals surface area contributed by atoms with E-state index in [2.05, 4.69) is 44.9 Å². The molecule has 3 saturated heterocycles. The quantitative estimate of drug-likeness (QED) is 0.679. The first-order chi connectivity index (χ1) is 11.2. The molecule has 0 spiro atoms. The normalized spacial score (nSPS) is 36.1. The fourth-order valence-electron chi connectivity index (χ4n) is 4.16. The summed E-state index contributed by atoms with van der Waals surface area (Å²) in [5, 5.41) is 8.33. The molecular weight excluding hydrogens is 308 g/mol. The van der Waals surface area contributed by atoms with Crippen LogP contribution in [0.5, 0.6) is 0 Å². The zero-order valence-electron chi connectivity index (χ0n) is 13.5. The molecule has 4 heterocycles. The molecule has 0 aromatic carbocycles. The number of hydrogen-bond acceptors (Lipinski definition) is 3. The molecule has 3 aliphatic heterocycles. The molecule has 4 nitrogen and oxygen atoms in total. The Hall–Kier alpha value is -1.26. The van der Waals surface area contributed by atoms with Crippen molar-refractivity contribution in [1.29, 1.82) is 0 Å². The molecule has 0 radical (unpaired) electrons. The van der Waals surface area contributed by atoms with E-state index >= 15 is 0 Å². The summed E-state index contributed by atoms with van der Waals surface area (Å²) in [6.07, 6.45) is 12.9. The predicted molar refractivity (Wildman–Crippen MR) is 94.4 cm³/mol. The van der Waals surface area contributed by atoms with Crippen LogP contribution in [0.1, 0.15) is 37.3 Å². The zero-order valence-corrected chi connectivity index (χ0v) is 14.3. The van der Waals surface area contributed by atoms with Gasteiger partial charge in [-0.1, -0.05) is 18.7 Å². The molecule has 1 aliphatic carbocycles. The molecule has 0 saturated carbocycles. The van der Waals surface area contributed by atoms with Gasteiger partial charge in [0.15, 0.2) is 0 Å². The lowest BCUT2D eigenvalue weighted by Gasteiger charge is -2.45. The largest absolute Gasteiger partial charge is 0.381 e. The Bertz CT molecular complexity index is 600. The van der Waals surface area contributed by atoms with Crippen LogP contribution in [0.15, 0.2) is 31.1 Å². The van der Waals surface area contributed by atoms with Crippen molar-refractivity contribution >= 4 is 17.3 Å². The highest BCUT2D eigenvalue weighted by molar-refractivity contribution is 6.21. The highest BCUT2D eigenvalue weighted by Gasteiger charge is 2.34. The average molecular weight is 333 g/mol. The van der Waals surface area contributed by atoms with E-state index in [0.29, 0.717) is 12.1 Å². The van der Waals surface area contributed by atoms with Crippen LogP contribution in [-0.4, -0.2) is 45.7 Å². The van der Waals surface area contributed by atoms with E-state index in [4.69, 9.17) is 11.6 Å². The molecule has 1 aromatic heterocycles. The van der Waals surface area contributed by atoms with Crippen molar-refractivity contribution in [3.05, 3.63) is 36.7 Å². The molecule has 4 aliphatic rings. The van der Waals surface area contributed by atoms with Crippen LogP contribution in [0.2, 0.25) is 0 Å². The average Bonchev–Trinajstić information content (AvgIpc) is 3.06. The number of fused-ring (bicyclic) bond motifs is 3. The molecule has 5 rings (SSSR count). The lowest BCUT2D eigenvalue weighted by molar-refractivity contribution is 0.0801. The summed E-state index contributed by atoms with van der Waals surface area (Å²) in [4.78, 5) is 2.56. The zero-order chi connectivity index (χ0) is 15.8. The van der Waals surface area contributed by atoms with Crippen LogP contribution in [0.25, 0.3) is 5.70 Å². The van der Waals surface area contributed by atoms with Crippen LogP contribution in [0, 0.1) is 5.92 Å². The van der Waals surface area contributed by atoms with Crippen molar-refractivity contribution in [1.82, 2.24) is 20.0 Å². The van der Waals surface area contributed by atoms with E-state index in [1.54, 1.807) is 0 Å². The Labute approximate surface area is 143 Å². The lowest BCUT2D eigenvalue weighted by atomic mass is 9.84. The van der Waals surface area contributed by atoms with Gasteiger partial charge in [-0.3, -0.25) is 4.68 Å². The number of piperidine rings is 3. The van der Waals surface area contributed by atoms with E-state index in [-0.39, 0.29) is 5.38 Å². The molecule has 124 valence electrons. The summed E-state index contributed by atoms with van der Waals surface area (Å²) >= 11 is 6.23. The lowest BCUT2D eigenvalue weighted by Crippen LogP contribution is -2.55. The fourth-order valence-corrected chi connectivity index (χ4v) is 4.47. The Kier molecular flexibility index (Phi) is 4.20. The number of halogens is 1. The second-order valence-electron chi connectivity index (χ2n) is 7.15. The SMILES string of the molecule is C=C(NC1CN2CCC1CC2)c1cnn(C2CC=C[C@H](Cl)C2)c1. The van der Waals surface area contributed by atoms with E-state index < -0.39 is 0 Å². The second-order valence-corrected chi connectivity index (χ2v) is 7.71. The summed E-state index contributed by atoms with van der Waals surface area (Å²) < 4.78 is 2.05. The highest BCUT2D eigenvalue weighted by atomic mass is 35.5. The minimum atomic E-state index is 0.120. The molecule has 5 heteroatoms. The summed E-state index contributed by atoms with van der Waals surface area (Å²) in [7, 11) is 0. The van der Waals surface area contributed by atoms with Gasteiger partial charge in [-0.05, 0) is 44.7 Å². The van der Waals surface area contributed by atoms with Gasteiger partial charge in [0.05, 0.1) is 17.6 Å². The molecule has 23 heavy (non-hydrogen) atoms. The third kappa shape index (κ3) is 3.20. The maximum Gasteiger partial charge on any atom is 0.0583 e. The Morgan fingerprint density at radius 2 is 2.17 bits per heavy atom. The number of nitrogens with zero attached hydrogens (tertiary/aromatic N) is 3. The van der Waals surface area contributed by atoms with Gasteiger partial charge in [0.2, 0.25) is 0 Å². The molecule has 2 unspecified atom stereocenters. The minimum absolute atomic E-state index is 0.120. The number of alkyl halides is 1. The molecule has 0 amide bonds. The topological polar surface area (TPSA) is 33.1 Å². The van der Waals surface area contributed by atoms with Crippen LogP contribution in [-0.2, 0) is 0 Å². The maximum absolute atomic E-state index is 6.23. The van der Waals surface area contributed by atoms with Crippen molar-refractivity contribution in [3.63, 3.8) is 0 Å². The molecule has 3 fully saturated rings. The van der Waals surface area contributed by atoms with Crippen molar-refractivity contribution in [2.45, 2.75) is 43.1 Å². The number of aromatic nitrogens is 2. The number of nitrogens with one attached hydrogen (secondary N) is 1. The first-order valence-electron chi connectivity index (χ1n) is 8.72. The van der Waals surface area contributed by atoms with E-state index in [1.807, 2.05) is 6.20 Å². The van der Waals surface area contributed by atoms with Crippen molar-refractivity contribution < 1.29 is 0 Å². The monoisotopic (exact) mass is 332 g/mol. The number of hydrogen-bond donors (Lipinski definition) is 1. The smallest absolute Gasteiger partial charge is 0.0583 e. The summed E-state index contributed by atoms with van der Waals surface area (Å²) in [5.41, 5.74) is 2.10. The van der Waals surface area contributed by atoms with Crippen molar-refractivity contribution in [2.75, 3.05) is 19.6 Å². The van der Waals surface area contributed by atoms with Gasteiger partial charge >= 0.3 is 0 Å². The Balaban J connectivity index is 1.40. The van der Waals surface area contributed by atoms with Crippen LogP contribution in [0.4, 0.5) is 0 Å². The number of rotatable bonds is 4. The molecule has 2 bridgehead atoms. The fraction of sp³-hybridized carbons (Fsp3) is 0.611. The predicted octanol–water partition coefficient (Wildman–Crippen LogP) is 3.04. The summed E-state index contributed by atoms with van der Waals surface area (Å²) in [6.45, 7) is 7.94. The summed E-state index contributed by atoms with van der Waals surface area (Å²) in [5.74, 6) is 0.798. The number of allylic oxidation sites excluding steroid dienone is 2. The molecule has 1 N–H and O–H groups in total. The molecular formula is C18H25ClN4. The van der Waals surface area contributed by atoms with Crippen LogP contribution in [0.3, 0.4) is 0 Å². The Morgan fingerprint density at radius 1 is 1.35 bits per heavy atom. The van der Waals surface area contributed by atoms with E-state index in [0.717, 1.165) is 36.6 Å². The molecule has 3 atom stereocenters. The third-order valence-electron chi connectivity index (χ3n) is 5.59. The molecule has 1 aromatic rings. The minimum Gasteiger partial charge on any atom is -0.381 e. The van der Waals surface area contributed by atoms with Crippen LogP contribution < -0.4 is 5.32 Å². The van der Waals surface area contributed by atoms with E-state index in [1.165, 1.54) is 25.9 Å². The standard InChI is InChI=1S/C18H25ClN4/c1-13(21-18-12-22-7-5-14(18)6-8-22)15-10-20-23(11-15)17-4-2-3-16(19)9-17/h2-3,10-11,14,16-18,21H,1,4-9,12H2/t16-,17?,18?/m0/s1. The second kappa shape index (κ2) is 6.33. The van der Waals surface area contributed by atoms with Gasteiger partial charge in [-0.2, -0.15) is 5.10 Å².